The number of fused-ring (bicyclic) bond motifs is 1. The Hall–Kier alpha value is -4.11. The average molecular weight is 489 g/mol. The van der Waals surface area contributed by atoms with Gasteiger partial charge in [-0.3, -0.25) is 19.8 Å². The van der Waals surface area contributed by atoms with E-state index in [1.807, 2.05) is 30.3 Å². The van der Waals surface area contributed by atoms with Gasteiger partial charge < -0.3 is 10.1 Å². The summed E-state index contributed by atoms with van der Waals surface area (Å²) in [4.78, 5) is 43.0. The van der Waals surface area contributed by atoms with Gasteiger partial charge in [-0.2, -0.15) is 4.68 Å². The van der Waals surface area contributed by atoms with Gasteiger partial charge in [0.05, 0.1) is 23.8 Å². The second kappa shape index (κ2) is 11.3. The Kier molecular flexibility index (Phi) is 7.79. The molecule has 3 aromatic carbocycles. The van der Waals surface area contributed by atoms with Gasteiger partial charge in [0.2, 0.25) is 5.91 Å². The molecule has 0 unspecified atom stereocenters. The number of nitrogens with zero attached hydrogens (tertiary/aromatic N) is 2. The molecule has 8 nitrogen and oxygen atoms in total. The molecule has 4 aromatic rings. The molecule has 0 atom stereocenters. The van der Waals surface area contributed by atoms with E-state index in [9.17, 15) is 14.4 Å². The van der Waals surface area contributed by atoms with Crippen LogP contribution in [0, 0.1) is 0 Å². The van der Waals surface area contributed by atoms with E-state index in [0.29, 0.717) is 35.2 Å². The van der Waals surface area contributed by atoms with Gasteiger partial charge in [0.1, 0.15) is 5.75 Å². The molecule has 2 amide bonds. The predicted molar refractivity (Wildman–Crippen MR) is 137 cm³/mol. The van der Waals surface area contributed by atoms with E-state index in [0.717, 1.165) is 22.0 Å². The number of ether oxygens (including phenoxy) is 1. The molecule has 0 saturated carbocycles. The minimum absolute atomic E-state index is 0.0397. The molecule has 0 aliphatic carbocycles. The molecule has 178 valence electrons. The number of hydrogen-bond donors (Lipinski definition) is 2. The van der Waals surface area contributed by atoms with Gasteiger partial charge in [0.25, 0.3) is 11.5 Å². The van der Waals surface area contributed by atoms with Crippen molar-refractivity contribution in [3.05, 3.63) is 100 Å². The minimum Gasteiger partial charge on any atom is -0.497 e. The molecule has 2 N–H and O–H groups in total. The van der Waals surface area contributed by atoms with Gasteiger partial charge >= 0.3 is 0 Å². The van der Waals surface area contributed by atoms with E-state index in [2.05, 4.69) is 15.7 Å². The summed E-state index contributed by atoms with van der Waals surface area (Å²) >= 11 is 1.08. The molecule has 0 spiro atoms. The van der Waals surface area contributed by atoms with Gasteiger partial charge in [-0.05, 0) is 48.4 Å². The van der Waals surface area contributed by atoms with Crippen molar-refractivity contribution < 1.29 is 14.3 Å². The summed E-state index contributed by atoms with van der Waals surface area (Å²) in [7, 11) is 1.54. The maximum Gasteiger partial charge on any atom is 0.281 e. The van der Waals surface area contributed by atoms with Crippen LogP contribution in [0.25, 0.3) is 10.9 Å². The minimum atomic E-state index is -0.485. The van der Waals surface area contributed by atoms with Crippen LogP contribution < -0.4 is 21.0 Å². The van der Waals surface area contributed by atoms with Crippen molar-refractivity contribution in [2.75, 3.05) is 24.8 Å². The fourth-order valence-electron chi connectivity index (χ4n) is 3.39. The van der Waals surface area contributed by atoms with Crippen molar-refractivity contribution in [2.45, 2.75) is 11.6 Å². The molecular weight excluding hydrogens is 464 g/mol. The zero-order valence-corrected chi connectivity index (χ0v) is 19.9. The molecule has 0 aliphatic heterocycles. The Bertz CT molecular complexity index is 1390. The smallest absolute Gasteiger partial charge is 0.281 e. The average Bonchev–Trinajstić information content (AvgIpc) is 2.90. The Morgan fingerprint density at radius 3 is 2.43 bits per heavy atom. The molecule has 35 heavy (non-hydrogen) atoms. The van der Waals surface area contributed by atoms with E-state index < -0.39 is 11.5 Å². The normalized spacial score (nSPS) is 10.7. The number of methoxy groups -OCH3 is 1. The molecule has 0 radical (unpaired) electrons. The van der Waals surface area contributed by atoms with Crippen molar-refractivity contribution in [1.29, 1.82) is 0 Å². The molecule has 9 heteroatoms. The lowest BCUT2D eigenvalue weighted by atomic mass is 10.1. The maximum atomic E-state index is 13.2. The summed E-state index contributed by atoms with van der Waals surface area (Å²) in [6.45, 7) is 0.496. The molecule has 0 aliphatic rings. The standard InChI is InChI=1S/C26H24N4O4S/c1-34-20-13-11-19(12-14-20)24(32)29-30-25(33)21-9-5-6-10-22(21)28-26(30)35-17-23(31)27-16-15-18-7-3-2-4-8-18/h2-14H,15-17H2,1H3,(H,27,31)(H,29,32). The van der Waals surface area contributed by atoms with Crippen LogP contribution in [0.4, 0.5) is 0 Å². The Labute approximate surface area is 206 Å². The highest BCUT2D eigenvalue weighted by atomic mass is 32.2. The van der Waals surface area contributed by atoms with Crippen LogP contribution in [0.5, 0.6) is 5.75 Å². The summed E-state index contributed by atoms with van der Waals surface area (Å²) in [5.74, 6) is -0.0270. The number of nitrogens with one attached hydrogen (secondary N) is 2. The lowest BCUT2D eigenvalue weighted by molar-refractivity contribution is -0.118. The van der Waals surface area contributed by atoms with Gasteiger partial charge in [-0.15, -0.1) is 0 Å². The quantitative estimate of drug-likeness (QED) is 0.277. The molecule has 1 heterocycles. The molecule has 0 saturated heterocycles. The fraction of sp³-hybridized carbons (Fsp3) is 0.154. The topological polar surface area (TPSA) is 102 Å². The number of amides is 2. The van der Waals surface area contributed by atoms with Crippen LogP contribution in [0.1, 0.15) is 15.9 Å². The second-order valence-corrected chi connectivity index (χ2v) is 8.54. The predicted octanol–water partition coefficient (Wildman–Crippen LogP) is 3.24. The third-order valence-electron chi connectivity index (χ3n) is 5.22. The summed E-state index contributed by atoms with van der Waals surface area (Å²) < 4.78 is 6.22. The number of thioether (sulfide) groups is 1. The highest BCUT2D eigenvalue weighted by Crippen LogP contribution is 2.18. The van der Waals surface area contributed by atoms with Crippen LogP contribution in [-0.4, -0.2) is 40.9 Å². The fourth-order valence-corrected chi connectivity index (χ4v) is 4.17. The number of carbonyl (C=O) groups is 2. The van der Waals surface area contributed by atoms with Crippen LogP contribution in [0.3, 0.4) is 0 Å². The number of hydrogen-bond acceptors (Lipinski definition) is 6. The third-order valence-corrected chi connectivity index (χ3v) is 6.16. The van der Waals surface area contributed by atoms with Crippen molar-refractivity contribution in [3.63, 3.8) is 0 Å². The highest BCUT2D eigenvalue weighted by Gasteiger charge is 2.16. The van der Waals surface area contributed by atoms with Crippen molar-refractivity contribution in [2.24, 2.45) is 0 Å². The number of carbonyl (C=O) groups excluding carboxylic acids is 2. The maximum absolute atomic E-state index is 13.2. The third kappa shape index (κ3) is 6.07. The first-order valence-electron chi connectivity index (χ1n) is 11.0. The molecule has 1 aromatic heterocycles. The van der Waals surface area contributed by atoms with E-state index in [4.69, 9.17) is 4.74 Å². The van der Waals surface area contributed by atoms with Crippen molar-refractivity contribution >= 4 is 34.5 Å². The number of rotatable bonds is 9. The molecule has 0 fully saturated rings. The molecule has 4 rings (SSSR count). The van der Waals surface area contributed by atoms with Gasteiger partial charge in [-0.1, -0.05) is 54.2 Å². The summed E-state index contributed by atoms with van der Waals surface area (Å²) in [6, 6.07) is 23.3. The number of aromatic nitrogens is 2. The SMILES string of the molecule is COc1ccc(C(=O)Nn2c(SCC(=O)NCCc3ccccc3)nc3ccccc3c2=O)cc1. The zero-order valence-electron chi connectivity index (χ0n) is 19.1. The lowest BCUT2D eigenvalue weighted by Gasteiger charge is -2.14. The van der Waals surface area contributed by atoms with E-state index in [-0.39, 0.29) is 16.8 Å². The molecule has 0 bridgehead atoms. The Morgan fingerprint density at radius 2 is 1.69 bits per heavy atom. The van der Waals surface area contributed by atoms with Crippen LogP contribution >= 0.6 is 11.8 Å². The first-order valence-corrected chi connectivity index (χ1v) is 11.9. The monoisotopic (exact) mass is 488 g/mol. The highest BCUT2D eigenvalue weighted by molar-refractivity contribution is 7.99. The zero-order chi connectivity index (χ0) is 24.6. The lowest BCUT2D eigenvalue weighted by Crippen LogP contribution is -2.35. The summed E-state index contributed by atoms with van der Waals surface area (Å²) in [5, 5.41) is 3.45. The summed E-state index contributed by atoms with van der Waals surface area (Å²) in [6.07, 6.45) is 0.716. The van der Waals surface area contributed by atoms with Crippen LogP contribution in [0.2, 0.25) is 0 Å². The summed E-state index contributed by atoms with van der Waals surface area (Å²) in [5.41, 5.74) is 4.16. The van der Waals surface area contributed by atoms with Crippen LogP contribution in [0.15, 0.2) is 88.8 Å². The first-order chi connectivity index (χ1) is 17.0. The van der Waals surface area contributed by atoms with Gasteiger partial charge in [-0.25, -0.2) is 4.98 Å². The largest absolute Gasteiger partial charge is 0.497 e. The van der Waals surface area contributed by atoms with E-state index in [1.54, 1.807) is 48.5 Å². The van der Waals surface area contributed by atoms with Gasteiger partial charge in [0, 0.05) is 12.1 Å². The number of benzene rings is 3. The second-order valence-electron chi connectivity index (χ2n) is 7.60. The molecular formula is C26H24N4O4S. The number of para-hydroxylation sites is 1. The van der Waals surface area contributed by atoms with E-state index >= 15 is 0 Å². The first kappa shape index (κ1) is 24.0. The van der Waals surface area contributed by atoms with E-state index in [1.165, 1.54) is 7.11 Å². The van der Waals surface area contributed by atoms with Crippen LogP contribution in [-0.2, 0) is 11.2 Å². The van der Waals surface area contributed by atoms with Gasteiger partial charge in [0.15, 0.2) is 5.16 Å². The Morgan fingerprint density at radius 1 is 0.971 bits per heavy atom. The van der Waals surface area contributed by atoms with Crippen molar-refractivity contribution in [1.82, 2.24) is 15.0 Å². The van der Waals surface area contributed by atoms with Crippen molar-refractivity contribution in [3.8, 4) is 5.75 Å². The Balaban J connectivity index is 1.49.